The minimum absolute atomic E-state index is 0.264. The second-order valence-electron chi connectivity index (χ2n) is 6.89. The summed E-state index contributed by atoms with van der Waals surface area (Å²) in [4.78, 5) is 26.7. The van der Waals surface area contributed by atoms with E-state index in [0.717, 1.165) is 25.8 Å². The van der Waals surface area contributed by atoms with E-state index in [1.807, 2.05) is 13.0 Å². The van der Waals surface area contributed by atoms with Crippen molar-refractivity contribution in [3.05, 3.63) is 47.2 Å². The lowest BCUT2D eigenvalue weighted by Gasteiger charge is -2.31. The van der Waals surface area contributed by atoms with Gasteiger partial charge in [0.2, 0.25) is 0 Å². The normalized spacial score (nSPS) is 23.5. The molecule has 1 fully saturated rings. The Bertz CT molecular complexity index is 687. The summed E-state index contributed by atoms with van der Waals surface area (Å²) in [6, 6.07) is 10.2. The zero-order chi connectivity index (χ0) is 18.5. The maximum absolute atomic E-state index is 12.4. The van der Waals surface area contributed by atoms with Crippen LogP contribution in [0.25, 0.3) is 0 Å². The third-order valence-corrected chi connectivity index (χ3v) is 5.04. The molecule has 2 heterocycles. The van der Waals surface area contributed by atoms with Crippen LogP contribution in [0.3, 0.4) is 0 Å². The van der Waals surface area contributed by atoms with Gasteiger partial charge in [-0.05, 0) is 45.2 Å². The van der Waals surface area contributed by atoms with E-state index < -0.39 is 0 Å². The number of benzene rings is 1. The molecule has 1 aromatic rings. The first-order chi connectivity index (χ1) is 12.6. The van der Waals surface area contributed by atoms with Gasteiger partial charge in [0.05, 0.1) is 18.2 Å². The molecule has 2 N–H and O–H groups in total. The molecule has 0 radical (unpaired) electrons. The lowest BCUT2D eigenvalue weighted by Crippen LogP contribution is -2.51. The third-order valence-electron chi connectivity index (χ3n) is 5.04. The predicted octanol–water partition coefficient (Wildman–Crippen LogP) is 2.21. The number of urea groups is 1. The first-order valence-electron chi connectivity index (χ1n) is 9.34. The number of carbonyl (C=O) groups is 2. The number of ether oxygens (including phenoxy) is 1. The number of nitrogens with zero attached hydrogens (tertiary/aromatic N) is 1. The van der Waals surface area contributed by atoms with E-state index in [2.05, 4.69) is 39.8 Å². The highest BCUT2D eigenvalue weighted by molar-refractivity contribution is 5.94. The predicted molar refractivity (Wildman–Crippen MR) is 99.5 cm³/mol. The minimum atomic E-state index is -0.360. The second kappa shape index (κ2) is 8.36. The van der Waals surface area contributed by atoms with Crippen LogP contribution in [0.2, 0.25) is 0 Å². The summed E-state index contributed by atoms with van der Waals surface area (Å²) < 4.78 is 5.20. The van der Waals surface area contributed by atoms with E-state index >= 15 is 0 Å². The van der Waals surface area contributed by atoms with Crippen LogP contribution in [0.15, 0.2) is 41.6 Å². The average molecular weight is 357 g/mol. The molecule has 0 spiro atoms. The van der Waals surface area contributed by atoms with Crippen LogP contribution in [-0.4, -0.2) is 48.7 Å². The van der Waals surface area contributed by atoms with Crippen molar-refractivity contribution in [1.29, 1.82) is 0 Å². The molecule has 0 bridgehead atoms. The van der Waals surface area contributed by atoms with Crippen LogP contribution >= 0.6 is 0 Å². The zero-order valence-corrected chi connectivity index (χ0v) is 15.5. The van der Waals surface area contributed by atoms with Crippen molar-refractivity contribution >= 4 is 12.0 Å². The number of hydrogen-bond donors (Lipinski definition) is 2. The summed E-state index contributed by atoms with van der Waals surface area (Å²) >= 11 is 0. The zero-order valence-electron chi connectivity index (χ0n) is 15.5. The van der Waals surface area contributed by atoms with Crippen molar-refractivity contribution in [3.63, 3.8) is 0 Å². The number of rotatable bonds is 6. The number of carbonyl (C=O) groups excluding carboxylic acids is 2. The molecular formula is C20H27N3O3. The largest absolute Gasteiger partial charge is 0.463 e. The molecule has 26 heavy (non-hydrogen) atoms. The first kappa shape index (κ1) is 18.5. The van der Waals surface area contributed by atoms with Gasteiger partial charge < -0.3 is 15.4 Å². The van der Waals surface area contributed by atoms with Crippen molar-refractivity contribution in [2.24, 2.45) is 0 Å². The lowest BCUT2D eigenvalue weighted by atomic mass is 10.0. The summed E-state index contributed by atoms with van der Waals surface area (Å²) in [5, 5.41) is 5.58. The Labute approximate surface area is 154 Å². The van der Waals surface area contributed by atoms with Crippen LogP contribution in [0.1, 0.15) is 32.3 Å². The topological polar surface area (TPSA) is 70.7 Å². The van der Waals surface area contributed by atoms with E-state index in [4.69, 9.17) is 4.74 Å². The molecule has 0 aliphatic carbocycles. The fourth-order valence-corrected chi connectivity index (χ4v) is 3.83. The van der Waals surface area contributed by atoms with E-state index in [-0.39, 0.29) is 18.0 Å². The molecular weight excluding hydrogens is 330 g/mol. The highest BCUT2D eigenvalue weighted by atomic mass is 16.5. The Hall–Kier alpha value is -2.34. The molecule has 0 aromatic heterocycles. The van der Waals surface area contributed by atoms with Crippen LogP contribution in [0.4, 0.5) is 4.79 Å². The van der Waals surface area contributed by atoms with Gasteiger partial charge in [-0.15, -0.1) is 0 Å². The molecule has 2 aliphatic heterocycles. The van der Waals surface area contributed by atoms with E-state index in [9.17, 15) is 9.59 Å². The SMILES string of the molecule is CCOC(=O)C1=C(CN2CCC[C@@H]2Cc2ccccc2)NC(=O)N[C@H]1C. The van der Waals surface area contributed by atoms with Gasteiger partial charge in [-0.3, -0.25) is 4.90 Å². The maximum atomic E-state index is 12.4. The molecule has 2 aliphatic rings. The summed E-state index contributed by atoms with van der Waals surface area (Å²) in [6.07, 6.45) is 3.23. The van der Waals surface area contributed by atoms with Gasteiger partial charge in [-0.1, -0.05) is 30.3 Å². The quantitative estimate of drug-likeness (QED) is 0.766. The van der Waals surface area contributed by atoms with Gasteiger partial charge in [0.1, 0.15) is 0 Å². The summed E-state index contributed by atoms with van der Waals surface area (Å²) in [7, 11) is 0. The van der Waals surface area contributed by atoms with Gasteiger partial charge >= 0.3 is 12.0 Å². The number of likely N-dealkylation sites (tertiary alicyclic amines) is 1. The molecule has 3 rings (SSSR count). The van der Waals surface area contributed by atoms with E-state index in [1.165, 1.54) is 5.56 Å². The molecule has 6 nitrogen and oxygen atoms in total. The number of hydrogen-bond acceptors (Lipinski definition) is 4. The Kier molecular flexibility index (Phi) is 5.93. The van der Waals surface area contributed by atoms with E-state index in [0.29, 0.717) is 30.5 Å². The summed E-state index contributed by atoms with van der Waals surface area (Å²) in [5.74, 6) is -0.360. The molecule has 140 valence electrons. The Morgan fingerprint density at radius 1 is 1.31 bits per heavy atom. The standard InChI is InChI=1S/C20H27N3O3/c1-3-26-19(24)18-14(2)21-20(25)22-17(18)13-23-11-7-10-16(23)12-15-8-5-4-6-9-15/h4-6,8-9,14,16H,3,7,10-13H2,1-2H3,(H2,21,22,25)/t14-,16+/m0/s1. The van der Waals surface area contributed by atoms with Crippen molar-refractivity contribution < 1.29 is 14.3 Å². The average Bonchev–Trinajstić information content (AvgIpc) is 3.02. The minimum Gasteiger partial charge on any atom is -0.463 e. The fraction of sp³-hybridized carbons (Fsp3) is 0.500. The Balaban J connectivity index is 1.78. The molecule has 0 unspecified atom stereocenters. The van der Waals surface area contributed by atoms with Crippen molar-refractivity contribution in [1.82, 2.24) is 15.5 Å². The smallest absolute Gasteiger partial charge is 0.337 e. The number of nitrogens with one attached hydrogen (secondary N) is 2. The van der Waals surface area contributed by atoms with Gasteiger partial charge in [0.25, 0.3) is 0 Å². The third kappa shape index (κ3) is 4.25. The summed E-state index contributed by atoms with van der Waals surface area (Å²) in [5.41, 5.74) is 2.50. The van der Waals surface area contributed by atoms with Crippen LogP contribution in [-0.2, 0) is 16.0 Å². The molecule has 1 saturated heterocycles. The Morgan fingerprint density at radius 3 is 2.81 bits per heavy atom. The van der Waals surface area contributed by atoms with Crippen molar-refractivity contribution in [2.75, 3.05) is 19.7 Å². The summed E-state index contributed by atoms with van der Waals surface area (Å²) in [6.45, 7) is 5.44. The highest BCUT2D eigenvalue weighted by Gasteiger charge is 2.33. The lowest BCUT2D eigenvalue weighted by molar-refractivity contribution is -0.139. The van der Waals surface area contributed by atoms with Gasteiger partial charge in [0, 0.05) is 18.3 Å². The van der Waals surface area contributed by atoms with E-state index in [1.54, 1.807) is 6.92 Å². The molecule has 0 saturated carbocycles. The number of esters is 1. The number of amides is 2. The van der Waals surface area contributed by atoms with Crippen LogP contribution in [0, 0.1) is 0 Å². The molecule has 2 amide bonds. The van der Waals surface area contributed by atoms with Gasteiger partial charge in [0.15, 0.2) is 0 Å². The monoisotopic (exact) mass is 357 g/mol. The van der Waals surface area contributed by atoms with Crippen molar-refractivity contribution in [2.45, 2.75) is 45.2 Å². The molecule has 2 atom stereocenters. The van der Waals surface area contributed by atoms with Crippen molar-refractivity contribution in [3.8, 4) is 0 Å². The Morgan fingerprint density at radius 2 is 2.08 bits per heavy atom. The fourth-order valence-electron chi connectivity index (χ4n) is 3.83. The molecule has 6 heteroatoms. The van der Waals surface area contributed by atoms with Gasteiger partial charge in [-0.25, -0.2) is 9.59 Å². The highest BCUT2D eigenvalue weighted by Crippen LogP contribution is 2.24. The second-order valence-corrected chi connectivity index (χ2v) is 6.89. The van der Waals surface area contributed by atoms with Gasteiger partial charge in [-0.2, -0.15) is 0 Å². The first-order valence-corrected chi connectivity index (χ1v) is 9.34. The van der Waals surface area contributed by atoms with Crippen LogP contribution < -0.4 is 10.6 Å². The van der Waals surface area contributed by atoms with Crippen LogP contribution in [0.5, 0.6) is 0 Å². The molecule has 1 aromatic carbocycles. The maximum Gasteiger partial charge on any atom is 0.337 e.